The Morgan fingerprint density at radius 2 is 2.15 bits per heavy atom. The Kier molecular flexibility index (Phi) is 2.73. The van der Waals surface area contributed by atoms with Crippen molar-refractivity contribution < 1.29 is 4.39 Å². The third-order valence-electron chi connectivity index (χ3n) is 2.13. The van der Waals surface area contributed by atoms with Crippen LogP contribution in [0.1, 0.15) is 24.7 Å². The SMILES string of the molecule is Fc1cnc(C2CCCN2I)nc1. The van der Waals surface area contributed by atoms with Crippen LogP contribution in [-0.4, -0.2) is 19.6 Å². The number of hydrogen-bond donors (Lipinski definition) is 0. The average Bonchev–Trinajstić information content (AvgIpc) is 2.53. The Bertz CT molecular complexity index is 290. The highest BCUT2D eigenvalue weighted by Gasteiger charge is 2.25. The number of nitrogens with zero attached hydrogens (tertiary/aromatic N) is 3. The van der Waals surface area contributed by atoms with Gasteiger partial charge in [-0.1, -0.05) is 0 Å². The molecule has 0 amide bonds. The van der Waals surface area contributed by atoms with Crippen molar-refractivity contribution in [1.29, 1.82) is 0 Å². The number of rotatable bonds is 1. The minimum Gasteiger partial charge on any atom is -0.237 e. The molecule has 0 aliphatic carbocycles. The molecule has 0 radical (unpaired) electrons. The number of aromatic nitrogens is 2. The van der Waals surface area contributed by atoms with Gasteiger partial charge < -0.3 is 0 Å². The second-order valence-electron chi connectivity index (χ2n) is 3.04. The Hall–Kier alpha value is -0.300. The van der Waals surface area contributed by atoms with E-state index < -0.39 is 0 Å². The zero-order valence-electron chi connectivity index (χ0n) is 6.95. The molecule has 0 bridgehead atoms. The van der Waals surface area contributed by atoms with E-state index in [1.54, 1.807) is 0 Å². The molecule has 0 saturated carbocycles. The van der Waals surface area contributed by atoms with Crippen LogP contribution in [0.4, 0.5) is 4.39 Å². The summed E-state index contributed by atoms with van der Waals surface area (Å²) in [4.78, 5) is 7.96. The molecule has 1 saturated heterocycles. The van der Waals surface area contributed by atoms with Crippen molar-refractivity contribution >= 4 is 22.9 Å². The largest absolute Gasteiger partial charge is 0.237 e. The minimum atomic E-state index is -0.373. The molecule has 1 atom stereocenters. The monoisotopic (exact) mass is 293 g/mol. The van der Waals surface area contributed by atoms with Crippen LogP contribution in [0.2, 0.25) is 0 Å². The van der Waals surface area contributed by atoms with Crippen LogP contribution in [0.5, 0.6) is 0 Å². The van der Waals surface area contributed by atoms with Crippen molar-refractivity contribution in [2.75, 3.05) is 6.54 Å². The first-order valence-corrected chi connectivity index (χ1v) is 5.14. The van der Waals surface area contributed by atoms with Crippen LogP contribution in [0, 0.1) is 5.82 Å². The van der Waals surface area contributed by atoms with E-state index in [4.69, 9.17) is 0 Å². The zero-order valence-corrected chi connectivity index (χ0v) is 9.11. The van der Waals surface area contributed by atoms with Gasteiger partial charge >= 0.3 is 0 Å². The summed E-state index contributed by atoms with van der Waals surface area (Å²) in [5.74, 6) is 0.357. The van der Waals surface area contributed by atoms with Crippen LogP contribution in [0.15, 0.2) is 12.4 Å². The summed E-state index contributed by atoms with van der Waals surface area (Å²) in [7, 11) is 0. The normalized spacial score (nSPS) is 23.7. The Labute approximate surface area is 89.9 Å². The minimum absolute atomic E-state index is 0.265. The summed E-state index contributed by atoms with van der Waals surface area (Å²) in [5.41, 5.74) is 0. The Balaban J connectivity index is 2.20. The van der Waals surface area contributed by atoms with Gasteiger partial charge in [0, 0.05) is 29.4 Å². The Morgan fingerprint density at radius 3 is 2.69 bits per heavy atom. The standard InChI is InChI=1S/C8H9FIN3/c9-6-4-11-8(12-5-6)7-2-1-3-13(7)10/h4-5,7H,1-3H2. The molecule has 5 heteroatoms. The van der Waals surface area contributed by atoms with Crippen molar-refractivity contribution in [3.05, 3.63) is 24.0 Å². The lowest BCUT2D eigenvalue weighted by Gasteiger charge is -2.14. The summed E-state index contributed by atoms with van der Waals surface area (Å²) >= 11 is 2.27. The summed E-state index contributed by atoms with van der Waals surface area (Å²) < 4.78 is 14.7. The lowest BCUT2D eigenvalue weighted by atomic mass is 10.2. The summed E-state index contributed by atoms with van der Waals surface area (Å²) in [6.07, 6.45) is 4.68. The lowest BCUT2D eigenvalue weighted by Crippen LogP contribution is -2.13. The van der Waals surface area contributed by atoms with Gasteiger partial charge in [0.1, 0.15) is 5.82 Å². The van der Waals surface area contributed by atoms with Gasteiger partial charge in [-0.2, -0.15) is 0 Å². The smallest absolute Gasteiger partial charge is 0.159 e. The van der Waals surface area contributed by atoms with Crippen molar-refractivity contribution in [1.82, 2.24) is 13.1 Å². The lowest BCUT2D eigenvalue weighted by molar-refractivity contribution is 0.461. The topological polar surface area (TPSA) is 29.0 Å². The molecule has 0 N–H and O–H groups in total. The highest BCUT2D eigenvalue weighted by atomic mass is 127. The van der Waals surface area contributed by atoms with E-state index in [0.29, 0.717) is 0 Å². The van der Waals surface area contributed by atoms with E-state index in [-0.39, 0.29) is 11.9 Å². The first-order valence-electron chi connectivity index (χ1n) is 4.17. The average molecular weight is 293 g/mol. The second-order valence-corrected chi connectivity index (χ2v) is 4.28. The highest BCUT2D eigenvalue weighted by molar-refractivity contribution is 14.1. The molecule has 3 nitrogen and oxygen atoms in total. The van der Waals surface area contributed by atoms with Crippen LogP contribution in [0.3, 0.4) is 0 Å². The predicted octanol–water partition coefficient (Wildman–Crippen LogP) is 2.10. The van der Waals surface area contributed by atoms with E-state index in [0.717, 1.165) is 25.2 Å². The second kappa shape index (κ2) is 3.83. The van der Waals surface area contributed by atoms with Gasteiger partial charge in [-0.25, -0.2) is 17.5 Å². The molecule has 1 aromatic heterocycles. The van der Waals surface area contributed by atoms with Gasteiger partial charge in [0.15, 0.2) is 5.82 Å². The molecule has 1 aromatic rings. The third-order valence-corrected chi connectivity index (χ3v) is 3.28. The van der Waals surface area contributed by atoms with E-state index in [2.05, 4.69) is 35.9 Å². The molecule has 13 heavy (non-hydrogen) atoms. The summed E-state index contributed by atoms with van der Waals surface area (Å²) in [6, 6.07) is 0.265. The number of halogens is 2. The van der Waals surface area contributed by atoms with Gasteiger partial charge in [-0.05, 0) is 12.8 Å². The molecule has 1 unspecified atom stereocenters. The highest BCUT2D eigenvalue weighted by Crippen LogP contribution is 2.32. The van der Waals surface area contributed by atoms with E-state index in [1.165, 1.54) is 12.4 Å². The van der Waals surface area contributed by atoms with E-state index in [9.17, 15) is 4.39 Å². The van der Waals surface area contributed by atoms with E-state index >= 15 is 0 Å². The summed E-state index contributed by atoms with van der Waals surface area (Å²) in [5, 5.41) is 0. The summed E-state index contributed by atoms with van der Waals surface area (Å²) in [6.45, 7) is 1.06. The molecule has 2 heterocycles. The predicted molar refractivity (Wildman–Crippen MR) is 54.7 cm³/mol. The molecule has 1 fully saturated rings. The fourth-order valence-electron chi connectivity index (χ4n) is 1.48. The van der Waals surface area contributed by atoms with E-state index in [1.807, 2.05) is 0 Å². The van der Waals surface area contributed by atoms with Crippen LogP contribution < -0.4 is 0 Å². The Morgan fingerprint density at radius 1 is 1.46 bits per heavy atom. The zero-order chi connectivity index (χ0) is 9.26. The molecule has 2 rings (SSSR count). The maximum Gasteiger partial charge on any atom is 0.159 e. The maximum absolute atomic E-state index is 12.5. The van der Waals surface area contributed by atoms with Crippen LogP contribution >= 0.6 is 22.9 Å². The first kappa shape index (κ1) is 9.26. The molecule has 70 valence electrons. The fraction of sp³-hybridized carbons (Fsp3) is 0.500. The third kappa shape index (κ3) is 1.96. The van der Waals surface area contributed by atoms with Gasteiger partial charge in [-0.15, -0.1) is 0 Å². The van der Waals surface area contributed by atoms with Crippen molar-refractivity contribution in [2.45, 2.75) is 18.9 Å². The van der Waals surface area contributed by atoms with Gasteiger partial charge in [0.25, 0.3) is 0 Å². The number of hydrogen-bond acceptors (Lipinski definition) is 3. The molecule has 0 aromatic carbocycles. The van der Waals surface area contributed by atoms with Crippen molar-refractivity contribution in [3.8, 4) is 0 Å². The van der Waals surface area contributed by atoms with Crippen molar-refractivity contribution in [2.24, 2.45) is 0 Å². The molecule has 1 aliphatic heterocycles. The van der Waals surface area contributed by atoms with Crippen LogP contribution in [-0.2, 0) is 0 Å². The van der Waals surface area contributed by atoms with Gasteiger partial charge in [0.2, 0.25) is 0 Å². The molecule has 1 aliphatic rings. The fourth-order valence-corrected chi connectivity index (χ4v) is 2.35. The molecule has 0 spiro atoms. The van der Waals surface area contributed by atoms with Gasteiger partial charge in [0.05, 0.1) is 18.4 Å². The molecular formula is C8H9FIN3. The molecular weight excluding hydrogens is 284 g/mol. The first-order chi connectivity index (χ1) is 6.27. The van der Waals surface area contributed by atoms with Crippen LogP contribution in [0.25, 0.3) is 0 Å². The van der Waals surface area contributed by atoms with Gasteiger partial charge in [-0.3, -0.25) is 0 Å². The maximum atomic E-state index is 12.5. The van der Waals surface area contributed by atoms with Crippen molar-refractivity contribution in [3.63, 3.8) is 0 Å². The quantitative estimate of drug-likeness (QED) is 0.586.